The minimum atomic E-state index is -0.681. The molecule has 0 aliphatic rings. The lowest BCUT2D eigenvalue weighted by atomic mass is 10.1. The van der Waals surface area contributed by atoms with Crippen molar-refractivity contribution in [2.75, 3.05) is 6.61 Å². The van der Waals surface area contributed by atoms with Crippen molar-refractivity contribution < 1.29 is 9.53 Å². The van der Waals surface area contributed by atoms with Gasteiger partial charge >= 0.3 is 5.97 Å². The normalized spacial score (nSPS) is 12.6. The maximum Gasteiger partial charge on any atom is 0.307 e. The van der Waals surface area contributed by atoms with E-state index in [1.165, 1.54) is 0 Å². The van der Waals surface area contributed by atoms with Crippen LogP contribution < -0.4 is 11.5 Å². The molecule has 20 heavy (non-hydrogen) atoms. The van der Waals surface area contributed by atoms with Crippen molar-refractivity contribution in [3.05, 3.63) is 35.9 Å². The average molecular weight is 297 g/mol. The molecule has 1 aromatic carbocycles. The van der Waals surface area contributed by atoms with Crippen molar-refractivity contribution in [1.29, 1.82) is 0 Å². The molecule has 0 bridgehead atoms. The van der Waals surface area contributed by atoms with Crippen LogP contribution in [0.15, 0.2) is 40.5 Å². The van der Waals surface area contributed by atoms with Gasteiger partial charge < -0.3 is 16.2 Å². The van der Waals surface area contributed by atoms with E-state index in [0.717, 1.165) is 5.56 Å². The molecule has 0 saturated carbocycles. The molecule has 0 heterocycles. The lowest BCUT2D eigenvalue weighted by molar-refractivity contribution is -0.142. The van der Waals surface area contributed by atoms with Gasteiger partial charge in [0.05, 0.1) is 24.1 Å². The Bertz CT molecular complexity index is 498. The zero-order valence-corrected chi connectivity index (χ0v) is 11.9. The van der Waals surface area contributed by atoms with E-state index >= 15 is 0 Å². The Hall–Kier alpha value is -2.08. The summed E-state index contributed by atoms with van der Waals surface area (Å²) in [6, 6.07) is 9.13. The number of guanidine groups is 1. The highest BCUT2D eigenvalue weighted by Crippen LogP contribution is 2.14. The van der Waals surface area contributed by atoms with Crippen LogP contribution in [-0.2, 0) is 9.53 Å². The van der Waals surface area contributed by atoms with Crippen molar-refractivity contribution in [2.24, 2.45) is 21.7 Å². The Morgan fingerprint density at radius 1 is 1.30 bits per heavy atom. The van der Waals surface area contributed by atoms with Crippen LogP contribution in [0, 0.1) is 0 Å². The number of nitrogens with zero attached hydrogens (tertiary/aromatic N) is 2. The fourth-order valence-electron chi connectivity index (χ4n) is 1.48. The Morgan fingerprint density at radius 3 is 2.50 bits per heavy atom. The third-order valence-electron chi connectivity index (χ3n) is 2.29. The fraction of sp³-hybridized carbons (Fsp3) is 0.308. The number of halogens is 1. The highest BCUT2D eigenvalue weighted by Gasteiger charge is 2.20. The molecular weight excluding hydrogens is 280 g/mol. The van der Waals surface area contributed by atoms with E-state index in [-0.39, 0.29) is 12.4 Å². The number of esters is 1. The highest BCUT2D eigenvalue weighted by atomic mass is 35.5. The lowest BCUT2D eigenvalue weighted by Gasteiger charge is -2.11. The van der Waals surface area contributed by atoms with Crippen molar-refractivity contribution >= 4 is 29.2 Å². The summed E-state index contributed by atoms with van der Waals surface area (Å²) in [6.45, 7) is 2.03. The molecule has 4 N–H and O–H groups in total. The number of alkyl halides is 1. The summed E-state index contributed by atoms with van der Waals surface area (Å²) < 4.78 is 4.86. The van der Waals surface area contributed by atoms with Gasteiger partial charge in [0.15, 0.2) is 0 Å². The monoisotopic (exact) mass is 296 g/mol. The second-order valence-corrected chi connectivity index (χ2v) is 4.38. The van der Waals surface area contributed by atoms with Gasteiger partial charge in [-0.3, -0.25) is 4.79 Å². The summed E-state index contributed by atoms with van der Waals surface area (Å²) >= 11 is 6.21. The van der Waals surface area contributed by atoms with E-state index < -0.39 is 11.3 Å². The minimum absolute atomic E-state index is 0.0108. The second-order valence-electron chi connectivity index (χ2n) is 3.85. The van der Waals surface area contributed by atoms with Gasteiger partial charge in [0, 0.05) is 0 Å². The predicted molar refractivity (Wildman–Crippen MR) is 79.7 cm³/mol. The van der Waals surface area contributed by atoms with Gasteiger partial charge in [0.1, 0.15) is 0 Å². The summed E-state index contributed by atoms with van der Waals surface area (Å²) in [7, 11) is 0. The molecule has 1 aromatic rings. The molecule has 1 unspecified atom stereocenters. The molecule has 0 aromatic heterocycles. The van der Waals surface area contributed by atoms with Crippen molar-refractivity contribution in [1.82, 2.24) is 0 Å². The zero-order chi connectivity index (χ0) is 15.0. The summed E-state index contributed by atoms with van der Waals surface area (Å²) in [5.41, 5.74) is 11.7. The molecule has 0 aliphatic heterocycles. The van der Waals surface area contributed by atoms with E-state index in [1.54, 1.807) is 6.92 Å². The number of hydrogen-bond acceptors (Lipinski definition) is 4. The Balaban J connectivity index is 2.97. The summed E-state index contributed by atoms with van der Waals surface area (Å²) in [6.07, 6.45) is -0.0108. The van der Waals surface area contributed by atoms with Crippen LogP contribution in [0.5, 0.6) is 0 Å². The molecule has 1 rings (SSSR count). The number of hydrogen-bond donors (Lipinski definition) is 2. The van der Waals surface area contributed by atoms with E-state index in [1.807, 2.05) is 30.3 Å². The molecule has 0 saturated heterocycles. The summed E-state index contributed by atoms with van der Waals surface area (Å²) in [4.78, 5) is 11.5. The Morgan fingerprint density at radius 2 is 1.95 bits per heavy atom. The van der Waals surface area contributed by atoms with Crippen molar-refractivity contribution in [2.45, 2.75) is 18.7 Å². The standard InChI is InChI=1S/C13H17ClN4O2/c1-2-20-11(19)8-10(14)12(17-18-13(15)16)9-6-4-3-5-7-9/h3-7,10H,2,8H2,1H3,(H4,15,16,18)/b17-12+. The number of nitrogens with two attached hydrogens (primary N) is 2. The lowest BCUT2D eigenvalue weighted by Crippen LogP contribution is -2.24. The summed E-state index contributed by atoms with van der Waals surface area (Å²) in [5, 5.41) is 6.84. The van der Waals surface area contributed by atoms with Gasteiger partial charge in [-0.1, -0.05) is 30.3 Å². The molecule has 1 atom stereocenters. The van der Waals surface area contributed by atoms with Crippen LogP contribution in [0.3, 0.4) is 0 Å². The predicted octanol–water partition coefficient (Wildman–Crippen LogP) is 1.22. The number of carbonyl (C=O) groups is 1. The van der Waals surface area contributed by atoms with Crippen LogP contribution in [-0.4, -0.2) is 29.6 Å². The van der Waals surface area contributed by atoms with Gasteiger partial charge in [0.2, 0.25) is 5.96 Å². The average Bonchev–Trinajstić information content (AvgIpc) is 2.40. The molecule has 0 radical (unpaired) electrons. The van der Waals surface area contributed by atoms with Crippen LogP contribution >= 0.6 is 11.6 Å². The largest absolute Gasteiger partial charge is 0.466 e. The Kier molecular flexibility index (Phi) is 6.52. The Labute approximate surface area is 122 Å². The topological polar surface area (TPSA) is 103 Å². The molecular formula is C13H17ClN4O2. The smallest absolute Gasteiger partial charge is 0.307 e. The molecule has 0 spiro atoms. The van der Waals surface area contributed by atoms with Crippen LogP contribution in [0.1, 0.15) is 18.9 Å². The van der Waals surface area contributed by atoms with Gasteiger partial charge in [-0.2, -0.15) is 0 Å². The van der Waals surface area contributed by atoms with E-state index in [9.17, 15) is 4.79 Å². The molecule has 6 nitrogen and oxygen atoms in total. The molecule has 0 fully saturated rings. The van der Waals surface area contributed by atoms with Gasteiger partial charge in [-0.15, -0.1) is 21.8 Å². The third kappa shape index (κ3) is 5.27. The first-order valence-electron chi connectivity index (χ1n) is 6.06. The first-order valence-corrected chi connectivity index (χ1v) is 6.49. The zero-order valence-electron chi connectivity index (χ0n) is 11.1. The quantitative estimate of drug-likeness (QED) is 0.271. The summed E-state index contributed by atoms with van der Waals surface area (Å²) in [5.74, 6) is -0.584. The minimum Gasteiger partial charge on any atom is -0.466 e. The number of ether oxygens (including phenoxy) is 1. The maximum absolute atomic E-state index is 11.5. The second kappa shape index (κ2) is 8.16. The number of benzene rings is 1. The SMILES string of the molecule is CCOC(=O)CC(Cl)/C(=N/N=C(N)N)c1ccccc1. The van der Waals surface area contributed by atoms with Crippen LogP contribution in [0.2, 0.25) is 0 Å². The van der Waals surface area contributed by atoms with Gasteiger partial charge in [0.25, 0.3) is 0 Å². The van der Waals surface area contributed by atoms with Crippen LogP contribution in [0.25, 0.3) is 0 Å². The van der Waals surface area contributed by atoms with E-state index in [4.69, 9.17) is 27.8 Å². The van der Waals surface area contributed by atoms with E-state index in [0.29, 0.717) is 12.3 Å². The highest BCUT2D eigenvalue weighted by molar-refractivity contribution is 6.36. The molecule has 0 amide bonds. The van der Waals surface area contributed by atoms with E-state index in [2.05, 4.69) is 10.2 Å². The first-order chi connectivity index (χ1) is 9.54. The fourth-order valence-corrected chi connectivity index (χ4v) is 1.78. The first kappa shape index (κ1) is 16.0. The maximum atomic E-state index is 11.5. The van der Waals surface area contributed by atoms with Crippen LogP contribution in [0.4, 0.5) is 0 Å². The number of carbonyl (C=O) groups excluding carboxylic acids is 1. The van der Waals surface area contributed by atoms with Crippen molar-refractivity contribution in [3.63, 3.8) is 0 Å². The number of rotatable bonds is 6. The third-order valence-corrected chi connectivity index (χ3v) is 2.65. The van der Waals surface area contributed by atoms with Crippen molar-refractivity contribution in [3.8, 4) is 0 Å². The van der Waals surface area contributed by atoms with Gasteiger partial charge in [-0.05, 0) is 12.5 Å². The van der Waals surface area contributed by atoms with Gasteiger partial charge in [-0.25, -0.2) is 0 Å². The molecule has 0 aliphatic carbocycles. The molecule has 7 heteroatoms. The molecule has 108 valence electrons.